The Morgan fingerprint density at radius 1 is 1.00 bits per heavy atom. The van der Waals surface area contributed by atoms with Gasteiger partial charge in [0.2, 0.25) is 0 Å². The van der Waals surface area contributed by atoms with Crippen molar-refractivity contribution >= 4 is 5.71 Å². The van der Waals surface area contributed by atoms with Gasteiger partial charge in [0.05, 0.1) is 0 Å². The number of oxime groups is 1. The van der Waals surface area contributed by atoms with Crippen LogP contribution in [0.25, 0.3) is 0 Å². The summed E-state index contributed by atoms with van der Waals surface area (Å²) in [4.78, 5) is 0. The van der Waals surface area contributed by atoms with E-state index in [1.165, 1.54) is 0 Å². The number of phenolic OH excluding ortho intramolecular Hbond substituents is 1. The molecule has 0 aliphatic rings. The van der Waals surface area contributed by atoms with E-state index in [-0.39, 0.29) is 11.2 Å². The van der Waals surface area contributed by atoms with Gasteiger partial charge in [-0.05, 0) is 23.1 Å². The lowest BCUT2D eigenvalue weighted by Crippen LogP contribution is -2.13. The van der Waals surface area contributed by atoms with E-state index < -0.39 is 0 Å². The van der Waals surface area contributed by atoms with Crippen LogP contribution in [0.15, 0.2) is 53.7 Å². The van der Waals surface area contributed by atoms with Crippen LogP contribution < -0.4 is 0 Å². The first-order chi connectivity index (χ1) is 9.43. The third kappa shape index (κ3) is 2.82. The van der Waals surface area contributed by atoms with Crippen molar-refractivity contribution in [2.75, 3.05) is 0 Å². The van der Waals surface area contributed by atoms with E-state index in [0.29, 0.717) is 11.3 Å². The van der Waals surface area contributed by atoms with Gasteiger partial charge in [0.1, 0.15) is 11.5 Å². The molecule has 20 heavy (non-hydrogen) atoms. The Labute approximate surface area is 119 Å². The summed E-state index contributed by atoms with van der Waals surface area (Å²) in [6.07, 6.45) is 0. The molecule has 0 spiro atoms. The molecule has 3 heteroatoms. The fraction of sp³-hybridized carbons (Fsp3) is 0.235. The molecule has 2 aromatic rings. The lowest BCUT2D eigenvalue weighted by atomic mass is 9.85. The van der Waals surface area contributed by atoms with Crippen LogP contribution in [0.4, 0.5) is 0 Å². The van der Waals surface area contributed by atoms with Gasteiger partial charge in [-0.25, -0.2) is 0 Å². The van der Waals surface area contributed by atoms with Crippen LogP contribution in [0.2, 0.25) is 0 Å². The van der Waals surface area contributed by atoms with Gasteiger partial charge in [-0.2, -0.15) is 0 Å². The van der Waals surface area contributed by atoms with E-state index in [4.69, 9.17) is 0 Å². The van der Waals surface area contributed by atoms with E-state index in [1.54, 1.807) is 6.07 Å². The van der Waals surface area contributed by atoms with Gasteiger partial charge < -0.3 is 10.3 Å². The molecule has 0 fully saturated rings. The molecule has 0 saturated heterocycles. The Kier molecular flexibility index (Phi) is 3.79. The summed E-state index contributed by atoms with van der Waals surface area (Å²) in [5.41, 5.74) is 2.69. The molecule has 0 aliphatic heterocycles. The molecule has 0 saturated carbocycles. The number of nitrogens with zero attached hydrogens (tertiary/aromatic N) is 1. The number of hydrogen-bond donors (Lipinski definition) is 2. The molecule has 0 heterocycles. The van der Waals surface area contributed by atoms with Crippen LogP contribution in [0.1, 0.15) is 37.5 Å². The van der Waals surface area contributed by atoms with E-state index in [2.05, 4.69) is 25.9 Å². The van der Waals surface area contributed by atoms with Crippen molar-refractivity contribution < 1.29 is 10.3 Å². The predicted octanol–water partition coefficient (Wildman–Crippen LogP) is 3.92. The van der Waals surface area contributed by atoms with E-state index in [9.17, 15) is 10.3 Å². The molecule has 2 N–H and O–H groups in total. The maximum atomic E-state index is 10.1. The summed E-state index contributed by atoms with van der Waals surface area (Å²) in [5, 5.41) is 22.8. The first-order valence-corrected chi connectivity index (χ1v) is 6.55. The van der Waals surface area contributed by atoms with Gasteiger partial charge in [-0.15, -0.1) is 0 Å². The average Bonchev–Trinajstić information content (AvgIpc) is 2.41. The zero-order valence-electron chi connectivity index (χ0n) is 12.0. The quantitative estimate of drug-likeness (QED) is 0.493. The van der Waals surface area contributed by atoms with Crippen LogP contribution in [0, 0.1) is 0 Å². The van der Waals surface area contributed by atoms with Crippen LogP contribution in [0.5, 0.6) is 5.75 Å². The Morgan fingerprint density at radius 3 is 2.20 bits per heavy atom. The maximum Gasteiger partial charge on any atom is 0.125 e. The number of hydrogen-bond acceptors (Lipinski definition) is 3. The number of phenols is 1. The molecule has 0 bridgehead atoms. The SMILES string of the molecule is CC(C)(C)c1ccc(O)c(/C(=N/O)c2ccccc2)c1. The molecule has 0 atom stereocenters. The monoisotopic (exact) mass is 269 g/mol. The van der Waals surface area contributed by atoms with Crippen LogP contribution in [0.3, 0.4) is 0 Å². The maximum absolute atomic E-state index is 10.1. The van der Waals surface area contributed by atoms with Gasteiger partial charge in [-0.3, -0.25) is 0 Å². The van der Waals surface area contributed by atoms with Crippen molar-refractivity contribution in [3.63, 3.8) is 0 Å². The Hall–Kier alpha value is -2.29. The third-order valence-electron chi connectivity index (χ3n) is 3.26. The van der Waals surface area contributed by atoms with Crippen LogP contribution >= 0.6 is 0 Å². The highest BCUT2D eigenvalue weighted by molar-refractivity contribution is 6.14. The standard InChI is InChI=1S/C17H19NO2/c1-17(2,3)13-9-10-15(19)14(11-13)16(18-20)12-7-5-4-6-8-12/h4-11,19-20H,1-3H3/b18-16+. The molecule has 104 valence electrons. The Morgan fingerprint density at radius 2 is 1.65 bits per heavy atom. The molecule has 3 nitrogen and oxygen atoms in total. The largest absolute Gasteiger partial charge is 0.507 e. The Balaban J connectivity index is 2.56. The summed E-state index contributed by atoms with van der Waals surface area (Å²) < 4.78 is 0. The second-order valence-corrected chi connectivity index (χ2v) is 5.80. The summed E-state index contributed by atoms with van der Waals surface area (Å²) >= 11 is 0. The van der Waals surface area contributed by atoms with Crippen molar-refractivity contribution in [2.45, 2.75) is 26.2 Å². The molecule has 0 aromatic heterocycles. The van der Waals surface area contributed by atoms with Crippen molar-refractivity contribution in [1.29, 1.82) is 0 Å². The second-order valence-electron chi connectivity index (χ2n) is 5.80. The highest BCUT2D eigenvalue weighted by atomic mass is 16.4. The number of rotatable bonds is 2. The number of benzene rings is 2. The summed E-state index contributed by atoms with van der Waals surface area (Å²) in [6.45, 7) is 6.30. The minimum Gasteiger partial charge on any atom is -0.507 e. The zero-order valence-corrected chi connectivity index (χ0v) is 12.0. The molecule has 0 aliphatic carbocycles. The normalized spacial score (nSPS) is 12.4. The fourth-order valence-electron chi connectivity index (χ4n) is 2.06. The first-order valence-electron chi connectivity index (χ1n) is 6.55. The topological polar surface area (TPSA) is 52.8 Å². The Bertz CT molecular complexity index is 625. The molecule has 0 radical (unpaired) electrons. The first kappa shape index (κ1) is 14.1. The van der Waals surface area contributed by atoms with Crippen molar-refractivity contribution in [2.24, 2.45) is 5.16 Å². The van der Waals surface area contributed by atoms with Gasteiger partial charge in [-0.1, -0.05) is 62.3 Å². The van der Waals surface area contributed by atoms with Crippen LogP contribution in [-0.4, -0.2) is 16.0 Å². The van der Waals surface area contributed by atoms with Crippen molar-refractivity contribution in [3.8, 4) is 5.75 Å². The lowest BCUT2D eigenvalue weighted by molar-refractivity contribution is 0.319. The highest BCUT2D eigenvalue weighted by Gasteiger charge is 2.18. The van der Waals surface area contributed by atoms with Gasteiger partial charge in [0.15, 0.2) is 0 Å². The van der Waals surface area contributed by atoms with Crippen LogP contribution in [-0.2, 0) is 5.41 Å². The summed E-state index contributed by atoms with van der Waals surface area (Å²) in [5.74, 6) is 0.106. The molecular formula is C17H19NO2. The summed E-state index contributed by atoms with van der Waals surface area (Å²) in [6, 6.07) is 14.7. The number of aromatic hydroxyl groups is 1. The molecule has 0 unspecified atom stereocenters. The minimum atomic E-state index is -0.0420. The molecule has 2 rings (SSSR count). The van der Waals surface area contributed by atoms with E-state index in [0.717, 1.165) is 11.1 Å². The molecule has 2 aromatic carbocycles. The van der Waals surface area contributed by atoms with Gasteiger partial charge in [0.25, 0.3) is 0 Å². The van der Waals surface area contributed by atoms with Crippen molar-refractivity contribution in [1.82, 2.24) is 0 Å². The minimum absolute atomic E-state index is 0.0420. The molecular weight excluding hydrogens is 250 g/mol. The van der Waals surface area contributed by atoms with Gasteiger partial charge >= 0.3 is 0 Å². The summed E-state index contributed by atoms with van der Waals surface area (Å²) in [7, 11) is 0. The van der Waals surface area contributed by atoms with E-state index >= 15 is 0 Å². The fourth-order valence-corrected chi connectivity index (χ4v) is 2.06. The average molecular weight is 269 g/mol. The lowest BCUT2D eigenvalue weighted by Gasteiger charge is -2.20. The second kappa shape index (κ2) is 5.37. The smallest absolute Gasteiger partial charge is 0.125 e. The van der Waals surface area contributed by atoms with Crippen molar-refractivity contribution in [3.05, 3.63) is 65.2 Å². The predicted molar refractivity (Wildman–Crippen MR) is 80.7 cm³/mol. The van der Waals surface area contributed by atoms with E-state index in [1.807, 2.05) is 42.5 Å². The third-order valence-corrected chi connectivity index (χ3v) is 3.26. The highest BCUT2D eigenvalue weighted by Crippen LogP contribution is 2.29. The molecule has 0 amide bonds. The van der Waals surface area contributed by atoms with Gasteiger partial charge in [0, 0.05) is 11.1 Å². The zero-order chi connectivity index (χ0) is 14.8.